The number of nitrogen functional groups attached to an aromatic ring is 1. The minimum absolute atomic E-state index is 0.339. The van der Waals surface area contributed by atoms with Gasteiger partial charge in [0.25, 0.3) is 0 Å². The number of rotatable bonds is 3. The Morgan fingerprint density at radius 3 is 2.69 bits per heavy atom. The van der Waals surface area contributed by atoms with Gasteiger partial charge in [0.05, 0.1) is 0 Å². The standard InChI is InChI=1S/C13H20N2O/c14-13-3-1-2-12(8-13)9-15-6-4-11(10-16)5-7-15/h1-3,8,11,16H,4-7,9-10,14H2. The number of benzene rings is 1. The van der Waals surface area contributed by atoms with E-state index in [1.807, 2.05) is 18.2 Å². The summed E-state index contributed by atoms with van der Waals surface area (Å²) in [5, 5.41) is 9.07. The molecule has 3 N–H and O–H groups in total. The van der Waals surface area contributed by atoms with Gasteiger partial charge in [0.2, 0.25) is 0 Å². The van der Waals surface area contributed by atoms with Crippen molar-refractivity contribution in [2.75, 3.05) is 25.4 Å². The van der Waals surface area contributed by atoms with Crippen molar-refractivity contribution in [3.8, 4) is 0 Å². The molecule has 0 atom stereocenters. The number of anilines is 1. The van der Waals surface area contributed by atoms with Crippen LogP contribution in [0.5, 0.6) is 0 Å². The number of aliphatic hydroxyl groups excluding tert-OH is 1. The van der Waals surface area contributed by atoms with Gasteiger partial charge in [0.15, 0.2) is 0 Å². The fourth-order valence-corrected chi connectivity index (χ4v) is 2.28. The van der Waals surface area contributed by atoms with Gasteiger partial charge in [0.1, 0.15) is 0 Å². The predicted molar refractivity (Wildman–Crippen MR) is 65.9 cm³/mol. The zero-order chi connectivity index (χ0) is 11.4. The van der Waals surface area contributed by atoms with Crippen LogP contribution < -0.4 is 5.73 Å². The van der Waals surface area contributed by atoms with Crippen LogP contribution >= 0.6 is 0 Å². The van der Waals surface area contributed by atoms with Crippen LogP contribution in [0.2, 0.25) is 0 Å². The first-order valence-corrected chi connectivity index (χ1v) is 5.95. The van der Waals surface area contributed by atoms with E-state index in [0.717, 1.165) is 38.2 Å². The van der Waals surface area contributed by atoms with Gasteiger partial charge in [-0.25, -0.2) is 0 Å². The van der Waals surface area contributed by atoms with Crippen molar-refractivity contribution in [3.63, 3.8) is 0 Å². The van der Waals surface area contributed by atoms with Gasteiger partial charge >= 0.3 is 0 Å². The van der Waals surface area contributed by atoms with Gasteiger partial charge < -0.3 is 10.8 Å². The monoisotopic (exact) mass is 220 g/mol. The highest BCUT2D eigenvalue weighted by Gasteiger charge is 2.18. The first kappa shape index (κ1) is 11.4. The quantitative estimate of drug-likeness (QED) is 0.758. The molecule has 0 amide bonds. The summed E-state index contributed by atoms with van der Waals surface area (Å²) in [7, 11) is 0. The van der Waals surface area contributed by atoms with Crippen molar-refractivity contribution >= 4 is 5.69 Å². The van der Waals surface area contributed by atoms with Crippen molar-refractivity contribution in [2.45, 2.75) is 19.4 Å². The van der Waals surface area contributed by atoms with E-state index in [9.17, 15) is 0 Å². The number of likely N-dealkylation sites (tertiary alicyclic amines) is 1. The Hall–Kier alpha value is -1.06. The summed E-state index contributed by atoms with van der Waals surface area (Å²) in [6, 6.07) is 8.08. The lowest BCUT2D eigenvalue weighted by Gasteiger charge is -2.31. The second kappa shape index (κ2) is 5.32. The van der Waals surface area contributed by atoms with Gasteiger partial charge in [-0.05, 0) is 49.5 Å². The number of piperidine rings is 1. The van der Waals surface area contributed by atoms with E-state index in [-0.39, 0.29) is 0 Å². The third kappa shape index (κ3) is 2.97. The zero-order valence-electron chi connectivity index (χ0n) is 9.60. The summed E-state index contributed by atoms with van der Waals surface area (Å²) in [6.07, 6.45) is 2.22. The molecule has 0 bridgehead atoms. The molecule has 0 aliphatic carbocycles. The first-order valence-electron chi connectivity index (χ1n) is 5.95. The molecule has 0 unspecified atom stereocenters. The van der Waals surface area contributed by atoms with Crippen LogP contribution in [0.4, 0.5) is 5.69 Å². The smallest absolute Gasteiger partial charge is 0.0460 e. The molecule has 1 aliphatic rings. The minimum Gasteiger partial charge on any atom is -0.399 e. The SMILES string of the molecule is Nc1cccc(CN2CCC(CO)CC2)c1. The van der Waals surface area contributed by atoms with Crippen LogP contribution in [0.3, 0.4) is 0 Å². The second-order valence-corrected chi connectivity index (χ2v) is 4.65. The highest BCUT2D eigenvalue weighted by Crippen LogP contribution is 2.18. The largest absolute Gasteiger partial charge is 0.399 e. The molecule has 1 saturated heterocycles. The Labute approximate surface area is 96.9 Å². The molecule has 1 aromatic rings. The molecule has 88 valence electrons. The van der Waals surface area contributed by atoms with Gasteiger partial charge in [-0.3, -0.25) is 4.90 Å². The average molecular weight is 220 g/mol. The van der Waals surface area contributed by atoms with Crippen molar-refractivity contribution in [1.29, 1.82) is 0 Å². The molecule has 1 aromatic carbocycles. The number of hydrogen-bond acceptors (Lipinski definition) is 3. The van der Waals surface area contributed by atoms with Crippen LogP contribution in [0.15, 0.2) is 24.3 Å². The summed E-state index contributed by atoms with van der Waals surface area (Å²) in [4.78, 5) is 2.43. The van der Waals surface area contributed by atoms with E-state index in [2.05, 4.69) is 11.0 Å². The van der Waals surface area contributed by atoms with Crippen molar-refractivity contribution < 1.29 is 5.11 Å². The Bertz CT molecular complexity index is 332. The summed E-state index contributed by atoms with van der Waals surface area (Å²) in [6.45, 7) is 3.48. The lowest BCUT2D eigenvalue weighted by molar-refractivity contribution is 0.127. The van der Waals surface area contributed by atoms with E-state index in [1.165, 1.54) is 5.56 Å². The summed E-state index contributed by atoms with van der Waals surface area (Å²) in [5.41, 5.74) is 7.87. The van der Waals surface area contributed by atoms with Gasteiger partial charge in [-0.2, -0.15) is 0 Å². The molecule has 0 spiro atoms. The van der Waals surface area contributed by atoms with E-state index in [4.69, 9.17) is 10.8 Å². The van der Waals surface area contributed by atoms with E-state index < -0.39 is 0 Å². The maximum absolute atomic E-state index is 9.07. The van der Waals surface area contributed by atoms with Crippen LogP contribution in [-0.2, 0) is 6.54 Å². The molecule has 1 heterocycles. The maximum atomic E-state index is 9.07. The molecule has 2 rings (SSSR count). The molecular weight excluding hydrogens is 200 g/mol. The molecule has 0 radical (unpaired) electrons. The van der Waals surface area contributed by atoms with E-state index in [0.29, 0.717) is 12.5 Å². The third-order valence-electron chi connectivity index (χ3n) is 3.32. The number of nitrogens with zero attached hydrogens (tertiary/aromatic N) is 1. The predicted octanol–water partition coefficient (Wildman–Crippen LogP) is 1.47. The molecule has 1 fully saturated rings. The van der Waals surface area contributed by atoms with Gasteiger partial charge in [-0.1, -0.05) is 12.1 Å². The van der Waals surface area contributed by atoms with Crippen molar-refractivity contribution in [2.24, 2.45) is 5.92 Å². The summed E-state index contributed by atoms with van der Waals surface area (Å²) < 4.78 is 0. The highest BCUT2D eigenvalue weighted by atomic mass is 16.3. The normalized spacial score (nSPS) is 18.8. The van der Waals surface area contributed by atoms with Crippen molar-refractivity contribution in [1.82, 2.24) is 4.90 Å². The van der Waals surface area contributed by atoms with Gasteiger partial charge in [-0.15, -0.1) is 0 Å². The first-order chi connectivity index (χ1) is 7.78. The Balaban J connectivity index is 1.87. The maximum Gasteiger partial charge on any atom is 0.0460 e. The lowest BCUT2D eigenvalue weighted by atomic mass is 9.97. The molecule has 3 heteroatoms. The minimum atomic E-state index is 0.339. The summed E-state index contributed by atoms with van der Waals surface area (Å²) >= 11 is 0. The average Bonchev–Trinajstić information content (AvgIpc) is 2.30. The topological polar surface area (TPSA) is 49.5 Å². The van der Waals surface area contributed by atoms with Crippen LogP contribution in [0.1, 0.15) is 18.4 Å². The Kier molecular flexibility index (Phi) is 3.80. The number of aliphatic hydroxyl groups is 1. The van der Waals surface area contributed by atoms with Crippen LogP contribution in [0.25, 0.3) is 0 Å². The molecule has 3 nitrogen and oxygen atoms in total. The van der Waals surface area contributed by atoms with E-state index in [1.54, 1.807) is 0 Å². The summed E-state index contributed by atoms with van der Waals surface area (Å²) in [5.74, 6) is 0.511. The van der Waals surface area contributed by atoms with Gasteiger partial charge in [0, 0.05) is 18.8 Å². The molecule has 16 heavy (non-hydrogen) atoms. The fourth-order valence-electron chi connectivity index (χ4n) is 2.28. The Morgan fingerprint density at radius 1 is 1.31 bits per heavy atom. The molecular formula is C13H20N2O. The highest BCUT2D eigenvalue weighted by molar-refractivity contribution is 5.40. The molecule has 1 aliphatic heterocycles. The second-order valence-electron chi connectivity index (χ2n) is 4.65. The van der Waals surface area contributed by atoms with Crippen LogP contribution in [0, 0.1) is 5.92 Å². The Morgan fingerprint density at radius 2 is 2.06 bits per heavy atom. The number of nitrogens with two attached hydrogens (primary N) is 1. The lowest BCUT2D eigenvalue weighted by Crippen LogP contribution is -2.34. The zero-order valence-corrected chi connectivity index (χ0v) is 9.60. The van der Waals surface area contributed by atoms with Crippen LogP contribution in [-0.4, -0.2) is 29.7 Å². The molecule has 0 saturated carbocycles. The third-order valence-corrected chi connectivity index (χ3v) is 3.32. The van der Waals surface area contributed by atoms with E-state index >= 15 is 0 Å². The molecule has 0 aromatic heterocycles. The van der Waals surface area contributed by atoms with Crippen molar-refractivity contribution in [3.05, 3.63) is 29.8 Å². The number of hydrogen-bond donors (Lipinski definition) is 2. The fraction of sp³-hybridized carbons (Fsp3) is 0.538.